The largest absolute Gasteiger partial charge is 0.481 e. The van der Waals surface area contributed by atoms with Crippen LogP contribution >= 0.6 is 0 Å². The number of carbonyl (C=O) groups excluding carboxylic acids is 1. The number of pyridine rings is 1. The summed E-state index contributed by atoms with van der Waals surface area (Å²) in [5, 5.41) is 30.6. The SMILES string of the molecule is C/C(=C\C=C\C(c1ccccn1)C(C)C)[C@H]1OC(=O)C[C@H](O)CC[C@@](C)(O)[C@@H](CC(=O)O)/C=C/[C@@H]1C. The lowest BCUT2D eigenvalue weighted by Crippen LogP contribution is -2.37. The van der Waals surface area contributed by atoms with Crippen molar-refractivity contribution in [3.05, 3.63) is 66.0 Å². The number of nitrogens with zero attached hydrogens (tertiary/aromatic N) is 1. The number of carboxylic acid groups (broad SMARTS) is 1. The molecule has 0 aliphatic carbocycles. The molecule has 7 nitrogen and oxygen atoms in total. The number of hydrogen-bond acceptors (Lipinski definition) is 6. The Hall–Kier alpha value is -2.77. The van der Waals surface area contributed by atoms with Gasteiger partial charge >= 0.3 is 11.9 Å². The fourth-order valence-electron chi connectivity index (χ4n) is 4.49. The fourth-order valence-corrected chi connectivity index (χ4v) is 4.49. The van der Waals surface area contributed by atoms with Gasteiger partial charge in [-0.1, -0.05) is 57.2 Å². The third-order valence-electron chi connectivity index (χ3n) is 6.84. The first-order valence-corrected chi connectivity index (χ1v) is 12.7. The minimum Gasteiger partial charge on any atom is -0.481 e. The van der Waals surface area contributed by atoms with Crippen molar-refractivity contribution in [1.29, 1.82) is 0 Å². The van der Waals surface area contributed by atoms with Gasteiger partial charge in [-0.2, -0.15) is 0 Å². The molecular weight excluding hydrogens is 458 g/mol. The van der Waals surface area contributed by atoms with Crippen molar-refractivity contribution in [2.45, 2.75) is 84.0 Å². The molecule has 0 fully saturated rings. The zero-order chi connectivity index (χ0) is 26.9. The molecule has 0 saturated heterocycles. The molecule has 6 atom stereocenters. The van der Waals surface area contributed by atoms with E-state index in [0.29, 0.717) is 5.92 Å². The summed E-state index contributed by atoms with van der Waals surface area (Å²) >= 11 is 0. The standard InChI is InChI=1S/C29H41NO6/c1-19(2)24(25-11-6-7-16-30-25)10-8-9-20(3)28-21(4)12-13-22(17-26(32)33)29(5,35)15-14-23(31)18-27(34)36-28/h6-13,16,19,21-24,28,31,35H,14-15,17-18H2,1-5H3,(H,32,33)/b10-8+,13-12+,20-9+/t21-,22+,23+,24?,28+,29+/m0/s1. The molecular formula is C29H41NO6. The summed E-state index contributed by atoms with van der Waals surface area (Å²) in [6, 6.07) is 5.86. The zero-order valence-corrected chi connectivity index (χ0v) is 22.0. The molecule has 3 N–H and O–H groups in total. The van der Waals surface area contributed by atoms with Gasteiger partial charge in [0, 0.05) is 29.6 Å². The van der Waals surface area contributed by atoms with Crippen LogP contribution in [0.1, 0.15) is 71.9 Å². The molecule has 0 spiro atoms. The van der Waals surface area contributed by atoms with Gasteiger partial charge in [0.25, 0.3) is 0 Å². The van der Waals surface area contributed by atoms with Crippen molar-refractivity contribution in [2.75, 3.05) is 0 Å². The lowest BCUT2D eigenvalue weighted by atomic mass is 9.80. The van der Waals surface area contributed by atoms with Crippen LogP contribution in [0.25, 0.3) is 0 Å². The molecule has 1 aromatic heterocycles. The number of hydrogen-bond donors (Lipinski definition) is 3. The highest BCUT2D eigenvalue weighted by Crippen LogP contribution is 2.31. The Labute approximate surface area is 214 Å². The lowest BCUT2D eigenvalue weighted by Gasteiger charge is -2.32. The number of esters is 1. The topological polar surface area (TPSA) is 117 Å². The maximum atomic E-state index is 12.6. The average Bonchev–Trinajstić information content (AvgIpc) is 2.80. The van der Waals surface area contributed by atoms with Crippen molar-refractivity contribution in [3.8, 4) is 0 Å². The van der Waals surface area contributed by atoms with Gasteiger partial charge in [0.05, 0.1) is 24.5 Å². The zero-order valence-electron chi connectivity index (χ0n) is 22.0. The van der Waals surface area contributed by atoms with E-state index in [0.717, 1.165) is 11.3 Å². The Morgan fingerprint density at radius 1 is 1.31 bits per heavy atom. The minimum atomic E-state index is -1.33. The Morgan fingerprint density at radius 2 is 2.03 bits per heavy atom. The molecule has 2 rings (SSSR count). The number of aliphatic hydroxyl groups is 2. The van der Waals surface area contributed by atoms with Crippen LogP contribution in [0.2, 0.25) is 0 Å². The summed E-state index contributed by atoms with van der Waals surface area (Å²) in [7, 11) is 0. The molecule has 1 unspecified atom stereocenters. The third-order valence-corrected chi connectivity index (χ3v) is 6.84. The molecule has 7 heteroatoms. The van der Waals surface area contributed by atoms with Crippen LogP contribution in [0.3, 0.4) is 0 Å². The number of allylic oxidation sites excluding steroid dienone is 3. The first-order chi connectivity index (χ1) is 16.9. The molecule has 1 aliphatic rings. The van der Waals surface area contributed by atoms with Gasteiger partial charge in [0.15, 0.2) is 0 Å². The predicted octanol–water partition coefficient (Wildman–Crippen LogP) is 4.81. The molecule has 0 bridgehead atoms. The maximum absolute atomic E-state index is 12.6. The molecule has 0 amide bonds. The van der Waals surface area contributed by atoms with Gasteiger partial charge in [0.1, 0.15) is 6.10 Å². The first-order valence-electron chi connectivity index (χ1n) is 12.7. The predicted molar refractivity (Wildman–Crippen MR) is 139 cm³/mol. The lowest BCUT2D eigenvalue weighted by molar-refractivity contribution is -0.151. The summed E-state index contributed by atoms with van der Waals surface area (Å²) in [4.78, 5) is 28.5. The molecule has 2 heterocycles. The second kappa shape index (κ2) is 13.5. The highest BCUT2D eigenvalue weighted by molar-refractivity contribution is 5.70. The highest BCUT2D eigenvalue weighted by atomic mass is 16.5. The van der Waals surface area contributed by atoms with E-state index in [-0.39, 0.29) is 37.5 Å². The van der Waals surface area contributed by atoms with Gasteiger partial charge in [-0.05, 0) is 50.3 Å². The van der Waals surface area contributed by atoms with E-state index >= 15 is 0 Å². The maximum Gasteiger partial charge on any atom is 0.309 e. The van der Waals surface area contributed by atoms with Crippen molar-refractivity contribution < 1.29 is 29.6 Å². The smallest absolute Gasteiger partial charge is 0.309 e. The van der Waals surface area contributed by atoms with Crippen LogP contribution < -0.4 is 0 Å². The number of carbonyl (C=O) groups is 2. The Bertz CT molecular complexity index is 950. The molecule has 198 valence electrons. The van der Waals surface area contributed by atoms with E-state index in [1.54, 1.807) is 19.2 Å². The van der Waals surface area contributed by atoms with Gasteiger partial charge in [-0.15, -0.1) is 0 Å². The summed E-state index contributed by atoms with van der Waals surface area (Å²) in [6.45, 7) is 9.61. The summed E-state index contributed by atoms with van der Waals surface area (Å²) < 4.78 is 5.78. The number of ether oxygens (including phenoxy) is 1. The van der Waals surface area contributed by atoms with Gasteiger partial charge in [0.2, 0.25) is 0 Å². The molecule has 0 radical (unpaired) electrons. The minimum absolute atomic E-state index is 0.126. The van der Waals surface area contributed by atoms with E-state index in [1.165, 1.54) is 0 Å². The number of aliphatic hydroxyl groups excluding tert-OH is 1. The van der Waals surface area contributed by atoms with E-state index in [1.807, 2.05) is 50.3 Å². The average molecular weight is 500 g/mol. The van der Waals surface area contributed by atoms with Crippen LogP contribution in [-0.2, 0) is 14.3 Å². The van der Waals surface area contributed by atoms with E-state index < -0.39 is 35.7 Å². The normalized spacial score (nSPS) is 30.3. The highest BCUT2D eigenvalue weighted by Gasteiger charge is 2.34. The number of aliphatic carboxylic acids is 1. The van der Waals surface area contributed by atoms with Crippen molar-refractivity contribution in [1.82, 2.24) is 4.98 Å². The first kappa shape index (κ1) is 29.5. The Morgan fingerprint density at radius 3 is 2.64 bits per heavy atom. The second-order valence-electron chi connectivity index (χ2n) is 10.4. The van der Waals surface area contributed by atoms with Crippen LogP contribution in [0, 0.1) is 17.8 Å². The number of cyclic esters (lactones) is 1. The number of rotatable bonds is 7. The van der Waals surface area contributed by atoms with Gasteiger partial charge in [-0.25, -0.2) is 0 Å². The molecule has 0 saturated carbocycles. The van der Waals surface area contributed by atoms with Crippen molar-refractivity contribution >= 4 is 11.9 Å². The number of carboxylic acids is 1. The quantitative estimate of drug-likeness (QED) is 0.280. The van der Waals surface area contributed by atoms with Crippen LogP contribution in [-0.4, -0.2) is 50.1 Å². The van der Waals surface area contributed by atoms with Crippen molar-refractivity contribution in [2.24, 2.45) is 17.8 Å². The fraction of sp³-hybridized carbons (Fsp3) is 0.552. The van der Waals surface area contributed by atoms with Crippen LogP contribution in [0.4, 0.5) is 0 Å². The second-order valence-corrected chi connectivity index (χ2v) is 10.4. The molecule has 0 aromatic carbocycles. The van der Waals surface area contributed by atoms with Crippen LogP contribution in [0.15, 0.2) is 60.3 Å². The van der Waals surface area contributed by atoms with E-state index in [9.17, 15) is 24.9 Å². The summed E-state index contributed by atoms with van der Waals surface area (Å²) in [6.07, 6.45) is 9.54. The van der Waals surface area contributed by atoms with Gasteiger partial charge < -0.3 is 20.1 Å². The molecule has 1 aliphatic heterocycles. The monoisotopic (exact) mass is 499 g/mol. The summed E-state index contributed by atoms with van der Waals surface area (Å²) in [5.41, 5.74) is 0.460. The van der Waals surface area contributed by atoms with E-state index in [4.69, 9.17) is 4.74 Å². The Kier molecular flexibility index (Phi) is 11.1. The Balaban J connectivity index is 2.34. The molecule has 1 aromatic rings. The van der Waals surface area contributed by atoms with E-state index in [2.05, 4.69) is 24.9 Å². The third kappa shape index (κ3) is 9.03. The molecule has 36 heavy (non-hydrogen) atoms. The van der Waals surface area contributed by atoms with Gasteiger partial charge in [-0.3, -0.25) is 14.6 Å². The summed E-state index contributed by atoms with van der Waals surface area (Å²) in [5.74, 6) is -1.98. The number of aromatic nitrogens is 1. The van der Waals surface area contributed by atoms with Crippen LogP contribution in [0.5, 0.6) is 0 Å². The van der Waals surface area contributed by atoms with Crippen molar-refractivity contribution in [3.63, 3.8) is 0 Å².